The predicted octanol–water partition coefficient (Wildman–Crippen LogP) is 4.20. The van der Waals surface area contributed by atoms with Crippen LogP contribution in [0.2, 0.25) is 0 Å². The molecule has 2 rings (SSSR count). The van der Waals surface area contributed by atoms with Crippen LogP contribution in [0, 0.1) is 17.0 Å². The molecule has 4 nitrogen and oxygen atoms in total. The Hall–Kier alpha value is -2.76. The fraction of sp³-hybridized carbons (Fsp3) is 0.222. The van der Waals surface area contributed by atoms with E-state index in [0.29, 0.717) is 5.69 Å². The van der Waals surface area contributed by atoms with Crippen LogP contribution in [0.4, 0.5) is 20.2 Å². The monoisotopic (exact) mass is 332 g/mol. The minimum atomic E-state index is -0.781. The zero-order valence-electron chi connectivity index (χ0n) is 13.6. The number of halogens is 2. The molecule has 0 saturated carbocycles. The van der Waals surface area contributed by atoms with E-state index in [0.717, 1.165) is 18.2 Å². The Bertz CT molecular complexity index is 763. The van der Waals surface area contributed by atoms with Gasteiger partial charge >= 0.3 is 0 Å². The fourth-order valence-corrected chi connectivity index (χ4v) is 1.89. The maximum Gasteiger partial charge on any atom is 0.255 e. The largest absolute Gasteiger partial charge is 0.326 e. The number of hydrogen-bond donors (Lipinski definition) is 2. The van der Waals surface area contributed by atoms with E-state index in [4.69, 9.17) is 0 Å². The molecule has 24 heavy (non-hydrogen) atoms. The summed E-state index contributed by atoms with van der Waals surface area (Å²) in [5.41, 5.74) is 0.165. The normalized spacial score (nSPS) is 11.0. The predicted molar refractivity (Wildman–Crippen MR) is 88.8 cm³/mol. The molecule has 0 saturated heterocycles. The Labute approximate surface area is 138 Å². The van der Waals surface area contributed by atoms with Gasteiger partial charge < -0.3 is 10.6 Å². The Kier molecular flexibility index (Phi) is 4.97. The Balaban J connectivity index is 2.15. The van der Waals surface area contributed by atoms with Crippen LogP contribution in [0.5, 0.6) is 0 Å². The second-order valence-electron chi connectivity index (χ2n) is 6.40. The molecule has 0 spiro atoms. The zero-order valence-corrected chi connectivity index (χ0v) is 13.6. The average Bonchev–Trinajstić information content (AvgIpc) is 2.45. The molecule has 0 aliphatic carbocycles. The molecule has 0 fully saturated rings. The van der Waals surface area contributed by atoms with E-state index in [9.17, 15) is 18.4 Å². The van der Waals surface area contributed by atoms with E-state index < -0.39 is 23.0 Å². The third-order valence-electron chi connectivity index (χ3n) is 3.18. The van der Waals surface area contributed by atoms with Crippen molar-refractivity contribution in [2.24, 2.45) is 5.41 Å². The lowest BCUT2D eigenvalue weighted by atomic mass is 9.95. The molecular weight excluding hydrogens is 314 g/mol. The topological polar surface area (TPSA) is 58.2 Å². The number of rotatable bonds is 3. The maximum atomic E-state index is 13.2. The summed E-state index contributed by atoms with van der Waals surface area (Å²) < 4.78 is 26.3. The van der Waals surface area contributed by atoms with E-state index in [1.807, 2.05) is 0 Å². The van der Waals surface area contributed by atoms with Crippen molar-refractivity contribution in [1.82, 2.24) is 0 Å². The highest BCUT2D eigenvalue weighted by molar-refractivity contribution is 6.05. The van der Waals surface area contributed by atoms with Gasteiger partial charge in [0, 0.05) is 28.4 Å². The van der Waals surface area contributed by atoms with Gasteiger partial charge in [0.25, 0.3) is 5.91 Å². The first-order valence-electron chi connectivity index (χ1n) is 7.34. The number of benzene rings is 2. The highest BCUT2D eigenvalue weighted by Crippen LogP contribution is 2.19. The summed E-state index contributed by atoms with van der Waals surface area (Å²) in [7, 11) is 0. The van der Waals surface area contributed by atoms with Crippen LogP contribution in [-0.4, -0.2) is 11.8 Å². The lowest BCUT2D eigenvalue weighted by Crippen LogP contribution is -2.27. The molecule has 2 aromatic carbocycles. The molecular formula is C18H18F2N2O2. The molecule has 2 N–H and O–H groups in total. The number of amides is 2. The molecule has 126 valence electrons. The van der Waals surface area contributed by atoms with Gasteiger partial charge in [0.05, 0.1) is 0 Å². The Morgan fingerprint density at radius 3 is 2.08 bits per heavy atom. The van der Waals surface area contributed by atoms with Crippen LogP contribution in [0.1, 0.15) is 31.1 Å². The van der Waals surface area contributed by atoms with E-state index in [2.05, 4.69) is 10.6 Å². The minimum Gasteiger partial charge on any atom is -0.326 e. The van der Waals surface area contributed by atoms with Crippen LogP contribution < -0.4 is 10.6 Å². The summed E-state index contributed by atoms with van der Waals surface area (Å²) in [6.07, 6.45) is 0. The van der Waals surface area contributed by atoms with Crippen molar-refractivity contribution < 1.29 is 18.4 Å². The van der Waals surface area contributed by atoms with Crippen molar-refractivity contribution in [2.75, 3.05) is 10.6 Å². The van der Waals surface area contributed by atoms with Crippen LogP contribution in [0.25, 0.3) is 0 Å². The van der Waals surface area contributed by atoms with Crippen molar-refractivity contribution in [3.8, 4) is 0 Å². The van der Waals surface area contributed by atoms with Gasteiger partial charge in [0.15, 0.2) is 0 Å². The van der Waals surface area contributed by atoms with E-state index in [1.54, 1.807) is 32.9 Å². The maximum absolute atomic E-state index is 13.2. The molecule has 6 heteroatoms. The molecule has 0 aliphatic heterocycles. The first kappa shape index (κ1) is 17.6. The lowest BCUT2D eigenvalue weighted by molar-refractivity contribution is -0.123. The summed E-state index contributed by atoms with van der Waals surface area (Å²) in [5, 5.41) is 5.14. The van der Waals surface area contributed by atoms with Crippen molar-refractivity contribution in [3.05, 3.63) is 59.7 Å². The molecule has 0 atom stereocenters. The minimum absolute atomic E-state index is 0.0154. The van der Waals surface area contributed by atoms with E-state index in [1.165, 1.54) is 12.1 Å². The summed E-state index contributed by atoms with van der Waals surface area (Å²) in [4.78, 5) is 24.2. The Morgan fingerprint density at radius 2 is 1.50 bits per heavy atom. The first-order valence-corrected chi connectivity index (χ1v) is 7.34. The molecule has 0 heterocycles. The van der Waals surface area contributed by atoms with Crippen molar-refractivity contribution >= 4 is 23.2 Å². The summed E-state index contributed by atoms with van der Waals surface area (Å²) in [6.45, 7) is 5.33. The van der Waals surface area contributed by atoms with Gasteiger partial charge in [-0.15, -0.1) is 0 Å². The summed E-state index contributed by atoms with van der Waals surface area (Å²) in [5.74, 6) is -2.29. The molecule has 0 unspecified atom stereocenters. The quantitative estimate of drug-likeness (QED) is 0.885. The van der Waals surface area contributed by atoms with Crippen LogP contribution in [0.3, 0.4) is 0 Å². The van der Waals surface area contributed by atoms with Gasteiger partial charge in [-0.05, 0) is 30.3 Å². The van der Waals surface area contributed by atoms with Gasteiger partial charge in [-0.3, -0.25) is 9.59 Å². The van der Waals surface area contributed by atoms with Gasteiger partial charge in [-0.1, -0.05) is 26.8 Å². The molecule has 0 bridgehead atoms. The molecule has 0 aromatic heterocycles. The standard InChI is InChI=1S/C18H18F2N2O2/c1-18(2,3)17(24)22-14-6-4-5-11(7-14)16(23)21-15-9-12(19)8-13(20)10-15/h4-10H,1-3H3,(H,21,23)(H,22,24). The number of carbonyl (C=O) groups excluding carboxylic acids is 2. The molecule has 2 aromatic rings. The number of anilines is 2. The number of hydrogen-bond acceptors (Lipinski definition) is 2. The van der Waals surface area contributed by atoms with Gasteiger partial charge in [0.2, 0.25) is 5.91 Å². The van der Waals surface area contributed by atoms with Crippen LogP contribution in [-0.2, 0) is 4.79 Å². The first-order chi connectivity index (χ1) is 11.1. The highest BCUT2D eigenvalue weighted by atomic mass is 19.1. The lowest BCUT2D eigenvalue weighted by Gasteiger charge is -2.18. The molecule has 2 amide bonds. The van der Waals surface area contributed by atoms with Gasteiger partial charge in [-0.2, -0.15) is 0 Å². The summed E-state index contributed by atoms with van der Waals surface area (Å²) in [6, 6.07) is 9.06. The van der Waals surface area contributed by atoms with Crippen molar-refractivity contribution in [3.63, 3.8) is 0 Å². The highest BCUT2D eigenvalue weighted by Gasteiger charge is 2.21. The SMILES string of the molecule is CC(C)(C)C(=O)Nc1cccc(C(=O)Nc2cc(F)cc(F)c2)c1. The average molecular weight is 332 g/mol. The number of nitrogens with one attached hydrogen (secondary N) is 2. The Morgan fingerprint density at radius 1 is 0.875 bits per heavy atom. The van der Waals surface area contributed by atoms with Crippen LogP contribution >= 0.6 is 0 Å². The second kappa shape index (κ2) is 6.78. The van der Waals surface area contributed by atoms with Gasteiger partial charge in [-0.25, -0.2) is 8.78 Å². The van der Waals surface area contributed by atoms with Crippen molar-refractivity contribution in [2.45, 2.75) is 20.8 Å². The van der Waals surface area contributed by atoms with Crippen molar-refractivity contribution in [1.29, 1.82) is 0 Å². The third-order valence-corrected chi connectivity index (χ3v) is 3.18. The summed E-state index contributed by atoms with van der Waals surface area (Å²) >= 11 is 0. The van der Waals surface area contributed by atoms with Gasteiger partial charge in [0.1, 0.15) is 11.6 Å². The third kappa shape index (κ3) is 4.62. The van der Waals surface area contributed by atoms with E-state index in [-0.39, 0.29) is 17.2 Å². The molecule has 0 radical (unpaired) electrons. The fourth-order valence-electron chi connectivity index (χ4n) is 1.89. The smallest absolute Gasteiger partial charge is 0.255 e. The van der Waals surface area contributed by atoms with Crippen LogP contribution in [0.15, 0.2) is 42.5 Å². The number of carbonyl (C=O) groups is 2. The van der Waals surface area contributed by atoms with E-state index >= 15 is 0 Å². The zero-order chi connectivity index (χ0) is 17.9. The second-order valence-corrected chi connectivity index (χ2v) is 6.40. The molecule has 0 aliphatic rings.